The average molecular weight is 347 g/mol. The van der Waals surface area contributed by atoms with Crippen molar-refractivity contribution < 1.29 is 9.13 Å². The Hall–Kier alpha value is -1.58. The fraction of sp³-hybridized carbons (Fsp3) is 0.714. The van der Waals surface area contributed by atoms with E-state index in [0.717, 1.165) is 26.2 Å². The second kappa shape index (κ2) is 11.9. The zero-order chi connectivity index (χ0) is 17.7. The summed E-state index contributed by atoms with van der Waals surface area (Å²) in [6.45, 7) is 9.12. The molecule has 0 N–H and O–H groups in total. The zero-order valence-corrected chi connectivity index (χ0v) is 16.4. The molecule has 0 aliphatic carbocycles. The predicted octanol–water partition coefficient (Wildman–Crippen LogP) is 4.12. The first kappa shape index (κ1) is 19.7. The molecule has 0 amide bonds. The quantitative estimate of drug-likeness (QED) is 0.362. The van der Waals surface area contributed by atoms with Crippen LogP contribution in [0.15, 0.2) is 37.4 Å². The number of imidazole rings is 2. The number of hydrogen-bond acceptors (Lipinski definition) is 0. The Morgan fingerprint density at radius 2 is 1.08 bits per heavy atom. The van der Waals surface area contributed by atoms with E-state index in [1.807, 2.05) is 0 Å². The summed E-state index contributed by atoms with van der Waals surface area (Å²) in [5.74, 6) is 0. The highest BCUT2D eigenvalue weighted by molar-refractivity contribution is 4.68. The summed E-state index contributed by atoms with van der Waals surface area (Å²) in [4.78, 5) is 0. The number of rotatable bonds is 14. The molecule has 0 atom stereocenters. The normalized spacial score (nSPS) is 11.3. The van der Waals surface area contributed by atoms with Gasteiger partial charge in [0.15, 0.2) is 0 Å². The third-order valence-electron chi connectivity index (χ3n) is 4.86. The predicted molar refractivity (Wildman–Crippen MR) is 102 cm³/mol. The van der Waals surface area contributed by atoms with Gasteiger partial charge >= 0.3 is 0 Å². The zero-order valence-electron chi connectivity index (χ0n) is 16.4. The molecule has 2 aromatic heterocycles. The van der Waals surface area contributed by atoms with Crippen molar-refractivity contribution in [2.75, 3.05) is 0 Å². The van der Waals surface area contributed by atoms with Crippen LogP contribution in [-0.2, 0) is 26.2 Å². The van der Waals surface area contributed by atoms with Gasteiger partial charge in [0, 0.05) is 0 Å². The molecule has 25 heavy (non-hydrogen) atoms. The Labute approximate surface area is 154 Å². The minimum atomic E-state index is 1.14. The smallest absolute Gasteiger partial charge is 0.237 e. The topological polar surface area (TPSA) is 17.6 Å². The van der Waals surface area contributed by atoms with Crippen molar-refractivity contribution in [3.05, 3.63) is 37.4 Å². The van der Waals surface area contributed by atoms with Crippen LogP contribution >= 0.6 is 0 Å². The maximum Gasteiger partial charge on any atom is 0.243 e. The molecule has 2 heterocycles. The number of aryl methyl sites for hydroxylation is 4. The van der Waals surface area contributed by atoms with E-state index < -0.39 is 0 Å². The van der Waals surface area contributed by atoms with Gasteiger partial charge in [0.05, 0.1) is 26.2 Å². The fourth-order valence-electron chi connectivity index (χ4n) is 3.26. The third-order valence-corrected chi connectivity index (χ3v) is 4.86. The monoisotopic (exact) mass is 346 g/mol. The van der Waals surface area contributed by atoms with E-state index in [2.05, 4.69) is 69.6 Å². The maximum atomic E-state index is 2.34. The van der Waals surface area contributed by atoms with Gasteiger partial charge in [-0.3, -0.25) is 0 Å². The minimum absolute atomic E-state index is 1.14. The van der Waals surface area contributed by atoms with Gasteiger partial charge < -0.3 is 0 Å². The van der Waals surface area contributed by atoms with Crippen LogP contribution in [0, 0.1) is 0 Å². The first-order chi connectivity index (χ1) is 12.3. The SMILES string of the molecule is CCCCC[n+]1ccn(CCCCCn2cc[n+](CCCCC)c2)c1. The lowest BCUT2D eigenvalue weighted by atomic mass is 10.2. The highest BCUT2D eigenvalue weighted by Gasteiger charge is 2.05. The molecule has 0 aromatic carbocycles. The summed E-state index contributed by atoms with van der Waals surface area (Å²) in [6, 6.07) is 0. The summed E-state index contributed by atoms with van der Waals surface area (Å²) < 4.78 is 9.33. The van der Waals surface area contributed by atoms with E-state index in [0.29, 0.717) is 0 Å². The molecule has 0 unspecified atom stereocenters. The van der Waals surface area contributed by atoms with Crippen LogP contribution in [0.4, 0.5) is 0 Å². The second-order valence-corrected chi connectivity index (χ2v) is 7.25. The molecule has 0 spiro atoms. The molecule has 4 nitrogen and oxygen atoms in total. The number of aromatic nitrogens is 4. The van der Waals surface area contributed by atoms with Crippen molar-refractivity contribution in [3.63, 3.8) is 0 Å². The molecule has 140 valence electrons. The van der Waals surface area contributed by atoms with Gasteiger partial charge in [0.1, 0.15) is 24.8 Å². The van der Waals surface area contributed by atoms with Crippen LogP contribution in [0.3, 0.4) is 0 Å². The van der Waals surface area contributed by atoms with E-state index in [4.69, 9.17) is 0 Å². The second-order valence-electron chi connectivity index (χ2n) is 7.25. The molecule has 0 fully saturated rings. The number of nitrogens with zero attached hydrogens (tertiary/aromatic N) is 4. The summed E-state index contributed by atoms with van der Waals surface area (Å²) in [5.41, 5.74) is 0. The Morgan fingerprint density at radius 1 is 0.600 bits per heavy atom. The van der Waals surface area contributed by atoms with Gasteiger partial charge in [-0.2, -0.15) is 0 Å². The summed E-state index contributed by atoms with van der Waals surface area (Å²) in [7, 11) is 0. The minimum Gasteiger partial charge on any atom is -0.237 e. The average Bonchev–Trinajstić information content (AvgIpc) is 3.25. The van der Waals surface area contributed by atoms with E-state index >= 15 is 0 Å². The molecule has 0 bridgehead atoms. The fourth-order valence-corrected chi connectivity index (χ4v) is 3.26. The highest BCUT2D eigenvalue weighted by atomic mass is 15.1. The van der Waals surface area contributed by atoms with Crippen molar-refractivity contribution in [2.45, 2.75) is 97.8 Å². The van der Waals surface area contributed by atoms with Crippen molar-refractivity contribution in [3.8, 4) is 0 Å². The molecule has 0 aliphatic rings. The van der Waals surface area contributed by atoms with Gasteiger partial charge in [-0.25, -0.2) is 18.3 Å². The maximum absolute atomic E-state index is 2.34. The van der Waals surface area contributed by atoms with Crippen molar-refractivity contribution in [1.82, 2.24) is 9.13 Å². The van der Waals surface area contributed by atoms with Crippen molar-refractivity contribution >= 4 is 0 Å². The Bertz CT molecular complexity index is 520. The van der Waals surface area contributed by atoms with Gasteiger partial charge in [0.25, 0.3) is 0 Å². The van der Waals surface area contributed by atoms with Crippen LogP contribution < -0.4 is 9.13 Å². The number of hydrogen-bond donors (Lipinski definition) is 0. The van der Waals surface area contributed by atoms with Crippen LogP contribution in [0.25, 0.3) is 0 Å². The van der Waals surface area contributed by atoms with E-state index in [1.54, 1.807) is 0 Å². The lowest BCUT2D eigenvalue weighted by Gasteiger charge is -1.99. The van der Waals surface area contributed by atoms with Crippen LogP contribution in [-0.4, -0.2) is 9.13 Å². The largest absolute Gasteiger partial charge is 0.243 e. The van der Waals surface area contributed by atoms with E-state index in [-0.39, 0.29) is 0 Å². The summed E-state index contributed by atoms with van der Waals surface area (Å²) in [5, 5.41) is 0. The molecular weight excluding hydrogens is 308 g/mol. The lowest BCUT2D eigenvalue weighted by Crippen LogP contribution is -2.30. The summed E-state index contributed by atoms with van der Waals surface area (Å²) in [6.07, 6.45) is 25.1. The lowest BCUT2D eigenvalue weighted by molar-refractivity contribution is -0.697. The van der Waals surface area contributed by atoms with Crippen LogP contribution in [0.2, 0.25) is 0 Å². The van der Waals surface area contributed by atoms with Gasteiger partial charge in [-0.15, -0.1) is 0 Å². The molecule has 0 radical (unpaired) electrons. The number of unbranched alkanes of at least 4 members (excludes halogenated alkanes) is 6. The Balaban J connectivity index is 1.56. The molecule has 4 heteroatoms. The van der Waals surface area contributed by atoms with E-state index in [9.17, 15) is 0 Å². The first-order valence-electron chi connectivity index (χ1n) is 10.4. The molecule has 0 aliphatic heterocycles. The highest BCUT2D eigenvalue weighted by Crippen LogP contribution is 2.02. The molecule has 0 saturated heterocycles. The Morgan fingerprint density at radius 3 is 1.52 bits per heavy atom. The third kappa shape index (κ3) is 7.89. The Kier molecular flexibility index (Phi) is 9.38. The van der Waals surface area contributed by atoms with Crippen molar-refractivity contribution in [2.24, 2.45) is 0 Å². The van der Waals surface area contributed by atoms with Gasteiger partial charge in [0.2, 0.25) is 12.7 Å². The van der Waals surface area contributed by atoms with Crippen molar-refractivity contribution in [1.29, 1.82) is 0 Å². The van der Waals surface area contributed by atoms with Gasteiger partial charge in [-0.05, 0) is 44.9 Å². The van der Waals surface area contributed by atoms with E-state index in [1.165, 1.54) is 57.8 Å². The molecular formula is C21H38N4+2. The van der Waals surface area contributed by atoms with Crippen LogP contribution in [0.5, 0.6) is 0 Å². The molecule has 0 saturated carbocycles. The molecule has 2 rings (SSSR count). The van der Waals surface area contributed by atoms with Gasteiger partial charge in [-0.1, -0.05) is 26.7 Å². The molecule has 2 aromatic rings. The summed E-state index contributed by atoms with van der Waals surface area (Å²) >= 11 is 0. The van der Waals surface area contributed by atoms with Crippen LogP contribution in [0.1, 0.15) is 71.6 Å². The first-order valence-corrected chi connectivity index (χ1v) is 10.4. The standard InChI is InChI=1S/C21H38N4/c1-3-5-8-12-22-16-18-24(20-22)14-10-7-11-15-25-19-17-23(21-25)13-9-6-4-2/h16-21H,3-15H2,1-2H3/q+2.